The van der Waals surface area contributed by atoms with Crippen LogP contribution in [0, 0.1) is 20.8 Å². The topological polar surface area (TPSA) is 59.4 Å². The number of methoxy groups -OCH3 is 1. The zero-order chi connectivity index (χ0) is 17.4. The van der Waals surface area contributed by atoms with Crippen LogP contribution in [-0.2, 0) is 0 Å². The molecular formula is C20H19NO3. The summed E-state index contributed by atoms with van der Waals surface area (Å²) >= 11 is 0. The molecule has 0 fully saturated rings. The lowest BCUT2D eigenvalue weighted by Crippen LogP contribution is -2.02. The average Bonchev–Trinajstić information content (AvgIpc) is 2.53. The molecule has 0 saturated carbocycles. The van der Waals surface area contributed by atoms with Crippen molar-refractivity contribution in [2.45, 2.75) is 20.8 Å². The minimum atomic E-state index is -0.958. The van der Waals surface area contributed by atoms with E-state index in [1.165, 1.54) is 0 Å². The van der Waals surface area contributed by atoms with Crippen LogP contribution in [0.2, 0.25) is 0 Å². The number of pyridine rings is 1. The molecule has 0 amide bonds. The predicted octanol–water partition coefficient (Wildman–Crippen LogP) is 4.53. The third-order valence-corrected chi connectivity index (χ3v) is 4.11. The van der Waals surface area contributed by atoms with Crippen LogP contribution in [-0.4, -0.2) is 23.2 Å². The summed E-state index contributed by atoms with van der Waals surface area (Å²) in [7, 11) is 1.60. The second-order valence-electron chi connectivity index (χ2n) is 6.04. The first-order valence-electron chi connectivity index (χ1n) is 7.71. The maximum Gasteiger partial charge on any atom is 0.336 e. The van der Waals surface area contributed by atoms with Crippen molar-refractivity contribution in [1.82, 2.24) is 4.98 Å². The summed E-state index contributed by atoms with van der Waals surface area (Å²) < 4.78 is 5.43. The van der Waals surface area contributed by atoms with Crippen LogP contribution in [0.4, 0.5) is 0 Å². The van der Waals surface area contributed by atoms with E-state index in [9.17, 15) is 9.90 Å². The molecular weight excluding hydrogens is 302 g/mol. The Morgan fingerprint density at radius 3 is 2.46 bits per heavy atom. The Morgan fingerprint density at radius 2 is 1.79 bits per heavy atom. The Balaban J connectivity index is 2.39. The summed E-state index contributed by atoms with van der Waals surface area (Å²) in [5.74, 6) is -0.283. The van der Waals surface area contributed by atoms with Crippen LogP contribution in [0.15, 0.2) is 36.4 Å². The van der Waals surface area contributed by atoms with Crippen molar-refractivity contribution in [3.8, 4) is 17.0 Å². The maximum absolute atomic E-state index is 11.8. The highest BCUT2D eigenvalue weighted by Crippen LogP contribution is 2.33. The van der Waals surface area contributed by atoms with Crippen LogP contribution >= 0.6 is 0 Å². The molecule has 0 bridgehead atoms. The second-order valence-corrected chi connectivity index (χ2v) is 6.04. The van der Waals surface area contributed by atoms with Gasteiger partial charge in [-0.05, 0) is 50.6 Å². The number of hydrogen-bond acceptors (Lipinski definition) is 3. The molecule has 1 N–H and O–H groups in total. The van der Waals surface area contributed by atoms with E-state index in [1.807, 2.05) is 51.1 Å². The van der Waals surface area contributed by atoms with Crippen molar-refractivity contribution >= 4 is 16.9 Å². The van der Waals surface area contributed by atoms with Gasteiger partial charge in [0.05, 0.1) is 23.9 Å². The van der Waals surface area contributed by atoms with Crippen molar-refractivity contribution in [1.29, 1.82) is 0 Å². The fourth-order valence-electron chi connectivity index (χ4n) is 3.02. The molecule has 1 heterocycles. The lowest BCUT2D eigenvalue weighted by Gasteiger charge is -2.13. The van der Waals surface area contributed by atoms with Gasteiger partial charge in [-0.1, -0.05) is 23.3 Å². The number of ether oxygens (including phenoxy) is 1. The average molecular weight is 321 g/mol. The van der Waals surface area contributed by atoms with Crippen LogP contribution < -0.4 is 4.74 Å². The van der Waals surface area contributed by atoms with Gasteiger partial charge in [-0.2, -0.15) is 0 Å². The molecule has 122 valence electrons. The van der Waals surface area contributed by atoms with Gasteiger partial charge in [0.2, 0.25) is 0 Å². The summed E-state index contributed by atoms with van der Waals surface area (Å²) in [6.07, 6.45) is 0. The highest BCUT2D eigenvalue weighted by molar-refractivity contribution is 6.05. The third-order valence-electron chi connectivity index (χ3n) is 4.11. The number of carbonyl (C=O) groups is 1. The standard InChI is InChI=1S/C20H19NO3/c1-11-5-6-18(24-4)16(8-11)17-10-15(20(22)23)14-9-12(2)7-13(3)19(14)21-17/h5-10H,1-4H3,(H,22,23). The number of hydrogen-bond donors (Lipinski definition) is 1. The second kappa shape index (κ2) is 5.96. The number of rotatable bonds is 3. The summed E-state index contributed by atoms with van der Waals surface area (Å²) in [6.45, 7) is 5.89. The van der Waals surface area contributed by atoms with E-state index in [1.54, 1.807) is 13.2 Å². The number of aromatic nitrogens is 1. The Hall–Kier alpha value is -2.88. The smallest absolute Gasteiger partial charge is 0.336 e. The monoisotopic (exact) mass is 321 g/mol. The molecule has 0 spiro atoms. The van der Waals surface area contributed by atoms with Gasteiger partial charge in [-0.25, -0.2) is 9.78 Å². The van der Waals surface area contributed by atoms with E-state index in [0.717, 1.165) is 22.3 Å². The molecule has 0 radical (unpaired) electrons. The normalized spacial score (nSPS) is 10.8. The summed E-state index contributed by atoms with van der Waals surface area (Å²) in [5, 5.41) is 10.3. The molecule has 1 aromatic heterocycles. The quantitative estimate of drug-likeness (QED) is 0.769. The van der Waals surface area contributed by atoms with Gasteiger partial charge in [-0.15, -0.1) is 0 Å². The Kier molecular flexibility index (Phi) is 3.97. The first kappa shape index (κ1) is 16.0. The van der Waals surface area contributed by atoms with E-state index < -0.39 is 5.97 Å². The number of benzene rings is 2. The van der Waals surface area contributed by atoms with E-state index >= 15 is 0 Å². The van der Waals surface area contributed by atoms with Gasteiger partial charge in [0, 0.05) is 10.9 Å². The predicted molar refractivity (Wildman–Crippen MR) is 94.9 cm³/mol. The number of fused-ring (bicyclic) bond motifs is 1. The van der Waals surface area contributed by atoms with Crippen molar-refractivity contribution in [2.24, 2.45) is 0 Å². The van der Waals surface area contributed by atoms with Crippen LogP contribution in [0.25, 0.3) is 22.2 Å². The zero-order valence-corrected chi connectivity index (χ0v) is 14.2. The highest BCUT2D eigenvalue weighted by atomic mass is 16.5. The van der Waals surface area contributed by atoms with Crippen molar-refractivity contribution < 1.29 is 14.6 Å². The van der Waals surface area contributed by atoms with Crippen LogP contribution in [0.1, 0.15) is 27.0 Å². The van der Waals surface area contributed by atoms with E-state index in [-0.39, 0.29) is 5.56 Å². The Labute approximate surface area is 140 Å². The molecule has 3 rings (SSSR count). The first-order chi connectivity index (χ1) is 11.4. The van der Waals surface area contributed by atoms with E-state index in [0.29, 0.717) is 22.3 Å². The lowest BCUT2D eigenvalue weighted by molar-refractivity contribution is 0.0699. The van der Waals surface area contributed by atoms with E-state index in [4.69, 9.17) is 9.72 Å². The maximum atomic E-state index is 11.8. The summed E-state index contributed by atoms with van der Waals surface area (Å²) in [4.78, 5) is 16.5. The van der Waals surface area contributed by atoms with Gasteiger partial charge in [0.25, 0.3) is 0 Å². The fourth-order valence-corrected chi connectivity index (χ4v) is 3.02. The molecule has 0 aliphatic carbocycles. The Morgan fingerprint density at radius 1 is 1.04 bits per heavy atom. The van der Waals surface area contributed by atoms with E-state index in [2.05, 4.69) is 0 Å². The van der Waals surface area contributed by atoms with Crippen LogP contribution in [0.5, 0.6) is 5.75 Å². The van der Waals surface area contributed by atoms with Crippen molar-refractivity contribution in [3.63, 3.8) is 0 Å². The molecule has 0 unspecified atom stereocenters. The van der Waals surface area contributed by atoms with Crippen molar-refractivity contribution in [2.75, 3.05) is 7.11 Å². The number of carboxylic acid groups (broad SMARTS) is 1. The summed E-state index contributed by atoms with van der Waals surface area (Å²) in [5.41, 5.74) is 5.40. The molecule has 4 nitrogen and oxygen atoms in total. The van der Waals surface area contributed by atoms with Crippen molar-refractivity contribution in [3.05, 3.63) is 58.7 Å². The number of carboxylic acids is 1. The Bertz CT molecular complexity index is 961. The van der Waals surface area contributed by atoms with Gasteiger partial charge in [0.15, 0.2) is 0 Å². The van der Waals surface area contributed by atoms with Gasteiger partial charge in [0.1, 0.15) is 5.75 Å². The molecule has 3 aromatic rings. The fraction of sp³-hybridized carbons (Fsp3) is 0.200. The molecule has 0 aliphatic rings. The first-order valence-corrected chi connectivity index (χ1v) is 7.71. The molecule has 4 heteroatoms. The third kappa shape index (κ3) is 2.71. The number of aryl methyl sites for hydroxylation is 3. The van der Waals surface area contributed by atoms with Gasteiger partial charge >= 0.3 is 5.97 Å². The highest BCUT2D eigenvalue weighted by Gasteiger charge is 2.17. The van der Waals surface area contributed by atoms with Gasteiger partial charge in [-0.3, -0.25) is 0 Å². The molecule has 0 saturated heterocycles. The van der Waals surface area contributed by atoms with Crippen LogP contribution in [0.3, 0.4) is 0 Å². The SMILES string of the molecule is COc1ccc(C)cc1-c1cc(C(=O)O)c2cc(C)cc(C)c2n1. The molecule has 0 atom stereocenters. The largest absolute Gasteiger partial charge is 0.496 e. The molecule has 2 aromatic carbocycles. The minimum Gasteiger partial charge on any atom is -0.496 e. The number of nitrogens with zero attached hydrogens (tertiary/aromatic N) is 1. The summed E-state index contributed by atoms with van der Waals surface area (Å²) in [6, 6.07) is 11.3. The molecule has 24 heavy (non-hydrogen) atoms. The number of aromatic carboxylic acids is 1. The lowest BCUT2D eigenvalue weighted by atomic mass is 9.99. The zero-order valence-electron chi connectivity index (χ0n) is 14.2. The van der Waals surface area contributed by atoms with Gasteiger partial charge < -0.3 is 9.84 Å². The minimum absolute atomic E-state index is 0.255. The molecule has 0 aliphatic heterocycles.